The summed E-state index contributed by atoms with van der Waals surface area (Å²) < 4.78 is 0. The van der Waals surface area contributed by atoms with Crippen molar-refractivity contribution in [1.29, 1.82) is 0 Å². The molecule has 0 aromatic carbocycles. The SMILES string of the molecule is CC1CCC(CNCCC2CCCCC2)C1. The predicted molar refractivity (Wildman–Crippen MR) is 70.6 cm³/mol. The number of hydrogen-bond donors (Lipinski definition) is 1. The highest BCUT2D eigenvalue weighted by molar-refractivity contribution is 4.75. The quantitative estimate of drug-likeness (QED) is 0.695. The monoisotopic (exact) mass is 223 g/mol. The van der Waals surface area contributed by atoms with Crippen LogP contribution in [0.3, 0.4) is 0 Å². The van der Waals surface area contributed by atoms with Gasteiger partial charge in [-0.1, -0.05) is 45.4 Å². The van der Waals surface area contributed by atoms with Gasteiger partial charge in [0.2, 0.25) is 0 Å². The molecule has 0 radical (unpaired) electrons. The van der Waals surface area contributed by atoms with Crippen LogP contribution in [0, 0.1) is 17.8 Å². The average Bonchev–Trinajstić information content (AvgIpc) is 2.72. The smallest absolute Gasteiger partial charge is 0.00204 e. The van der Waals surface area contributed by atoms with Crippen molar-refractivity contribution >= 4 is 0 Å². The van der Waals surface area contributed by atoms with Crippen LogP contribution in [-0.4, -0.2) is 13.1 Å². The highest BCUT2D eigenvalue weighted by Crippen LogP contribution is 2.30. The van der Waals surface area contributed by atoms with Gasteiger partial charge in [-0.2, -0.15) is 0 Å². The Labute approximate surface area is 101 Å². The second kappa shape index (κ2) is 6.64. The molecule has 1 nitrogen and oxygen atoms in total. The van der Waals surface area contributed by atoms with Crippen LogP contribution in [0.15, 0.2) is 0 Å². The van der Waals surface area contributed by atoms with E-state index in [9.17, 15) is 0 Å². The molecule has 0 spiro atoms. The summed E-state index contributed by atoms with van der Waals surface area (Å²) >= 11 is 0. The Bertz CT molecular complexity index is 177. The highest BCUT2D eigenvalue weighted by Gasteiger charge is 2.20. The lowest BCUT2D eigenvalue weighted by Gasteiger charge is -2.21. The molecular weight excluding hydrogens is 194 g/mol. The molecule has 1 N–H and O–H groups in total. The molecule has 2 saturated carbocycles. The summed E-state index contributed by atoms with van der Waals surface area (Å²) in [6.07, 6.45) is 13.3. The first-order chi connectivity index (χ1) is 7.84. The van der Waals surface area contributed by atoms with E-state index in [0.29, 0.717) is 0 Å². The average molecular weight is 223 g/mol. The topological polar surface area (TPSA) is 12.0 Å². The minimum Gasteiger partial charge on any atom is -0.316 e. The summed E-state index contributed by atoms with van der Waals surface area (Å²) in [5, 5.41) is 3.70. The van der Waals surface area contributed by atoms with E-state index in [2.05, 4.69) is 12.2 Å². The van der Waals surface area contributed by atoms with Gasteiger partial charge in [-0.05, 0) is 50.1 Å². The molecule has 0 bridgehead atoms. The zero-order chi connectivity index (χ0) is 11.2. The maximum atomic E-state index is 3.70. The Balaban J connectivity index is 1.48. The van der Waals surface area contributed by atoms with Crippen molar-refractivity contribution in [2.45, 2.75) is 64.7 Å². The van der Waals surface area contributed by atoms with E-state index in [-0.39, 0.29) is 0 Å². The molecule has 0 amide bonds. The van der Waals surface area contributed by atoms with Gasteiger partial charge in [0.25, 0.3) is 0 Å². The molecule has 0 aromatic rings. The zero-order valence-electron chi connectivity index (χ0n) is 11.0. The Kier molecular flexibility index (Phi) is 5.15. The minimum absolute atomic E-state index is 0.987. The molecule has 2 aliphatic rings. The van der Waals surface area contributed by atoms with E-state index in [0.717, 1.165) is 17.8 Å². The molecule has 0 aromatic heterocycles. The standard InChI is InChI=1S/C15H29N/c1-13-7-8-15(11-13)12-16-10-9-14-5-3-2-4-6-14/h13-16H,2-12H2,1H3. The summed E-state index contributed by atoms with van der Waals surface area (Å²) in [6, 6.07) is 0. The molecule has 2 aliphatic carbocycles. The zero-order valence-corrected chi connectivity index (χ0v) is 11.0. The first-order valence-corrected chi connectivity index (χ1v) is 7.55. The molecule has 16 heavy (non-hydrogen) atoms. The van der Waals surface area contributed by atoms with Crippen molar-refractivity contribution in [3.05, 3.63) is 0 Å². The number of hydrogen-bond acceptors (Lipinski definition) is 1. The second-order valence-corrected chi connectivity index (χ2v) is 6.28. The molecule has 0 heterocycles. The van der Waals surface area contributed by atoms with Gasteiger partial charge in [0.1, 0.15) is 0 Å². The molecule has 1 heteroatoms. The normalized spacial score (nSPS) is 32.1. The summed E-state index contributed by atoms with van der Waals surface area (Å²) in [4.78, 5) is 0. The van der Waals surface area contributed by atoms with Gasteiger partial charge >= 0.3 is 0 Å². The van der Waals surface area contributed by atoms with Gasteiger partial charge in [-0.25, -0.2) is 0 Å². The van der Waals surface area contributed by atoms with Crippen molar-refractivity contribution in [3.8, 4) is 0 Å². The Hall–Kier alpha value is -0.0400. The van der Waals surface area contributed by atoms with Crippen molar-refractivity contribution in [2.75, 3.05) is 13.1 Å². The van der Waals surface area contributed by atoms with E-state index in [4.69, 9.17) is 0 Å². The molecule has 2 unspecified atom stereocenters. The van der Waals surface area contributed by atoms with Crippen molar-refractivity contribution < 1.29 is 0 Å². The molecule has 0 saturated heterocycles. The summed E-state index contributed by atoms with van der Waals surface area (Å²) in [5.74, 6) is 3.02. The summed E-state index contributed by atoms with van der Waals surface area (Å²) in [5.41, 5.74) is 0. The van der Waals surface area contributed by atoms with E-state index in [1.807, 2.05) is 0 Å². The minimum atomic E-state index is 0.987. The van der Waals surface area contributed by atoms with Crippen LogP contribution in [0.4, 0.5) is 0 Å². The summed E-state index contributed by atoms with van der Waals surface area (Å²) in [6.45, 7) is 4.97. The lowest BCUT2D eigenvalue weighted by Crippen LogP contribution is -2.24. The fourth-order valence-electron chi connectivity index (χ4n) is 3.60. The van der Waals surface area contributed by atoms with E-state index in [1.54, 1.807) is 0 Å². The van der Waals surface area contributed by atoms with E-state index in [1.165, 1.54) is 70.9 Å². The van der Waals surface area contributed by atoms with Gasteiger partial charge < -0.3 is 5.32 Å². The largest absolute Gasteiger partial charge is 0.316 e. The maximum absolute atomic E-state index is 3.70. The van der Waals surface area contributed by atoms with Crippen molar-refractivity contribution in [3.63, 3.8) is 0 Å². The van der Waals surface area contributed by atoms with Crippen molar-refractivity contribution in [2.24, 2.45) is 17.8 Å². The van der Waals surface area contributed by atoms with Gasteiger partial charge in [-0.15, -0.1) is 0 Å². The van der Waals surface area contributed by atoms with Crippen LogP contribution in [0.1, 0.15) is 64.7 Å². The first-order valence-electron chi connectivity index (χ1n) is 7.55. The fraction of sp³-hybridized carbons (Fsp3) is 1.00. The Morgan fingerprint density at radius 1 is 0.938 bits per heavy atom. The van der Waals surface area contributed by atoms with Crippen molar-refractivity contribution in [1.82, 2.24) is 5.32 Å². The Morgan fingerprint density at radius 2 is 1.75 bits per heavy atom. The molecule has 94 valence electrons. The predicted octanol–water partition coefficient (Wildman–Crippen LogP) is 3.98. The van der Waals surface area contributed by atoms with Gasteiger partial charge in [0.05, 0.1) is 0 Å². The van der Waals surface area contributed by atoms with E-state index < -0.39 is 0 Å². The third-order valence-corrected chi connectivity index (χ3v) is 4.69. The van der Waals surface area contributed by atoms with Gasteiger partial charge in [0, 0.05) is 0 Å². The molecule has 0 aliphatic heterocycles. The Morgan fingerprint density at radius 3 is 2.44 bits per heavy atom. The van der Waals surface area contributed by atoms with Gasteiger partial charge in [0.15, 0.2) is 0 Å². The van der Waals surface area contributed by atoms with Crippen LogP contribution in [-0.2, 0) is 0 Å². The third kappa shape index (κ3) is 4.08. The second-order valence-electron chi connectivity index (χ2n) is 6.28. The van der Waals surface area contributed by atoms with Crippen LogP contribution < -0.4 is 5.32 Å². The molecule has 2 atom stereocenters. The summed E-state index contributed by atoms with van der Waals surface area (Å²) in [7, 11) is 0. The first kappa shape index (κ1) is 12.4. The molecule has 2 fully saturated rings. The number of nitrogens with one attached hydrogen (secondary N) is 1. The third-order valence-electron chi connectivity index (χ3n) is 4.69. The fourth-order valence-corrected chi connectivity index (χ4v) is 3.60. The maximum Gasteiger partial charge on any atom is -0.00204 e. The lowest BCUT2D eigenvalue weighted by molar-refractivity contribution is 0.329. The number of rotatable bonds is 5. The van der Waals surface area contributed by atoms with Crippen LogP contribution in [0.5, 0.6) is 0 Å². The molecular formula is C15H29N. The lowest BCUT2D eigenvalue weighted by atomic mass is 9.87. The van der Waals surface area contributed by atoms with Crippen LogP contribution in [0.25, 0.3) is 0 Å². The van der Waals surface area contributed by atoms with E-state index >= 15 is 0 Å². The van der Waals surface area contributed by atoms with Crippen LogP contribution >= 0.6 is 0 Å². The van der Waals surface area contributed by atoms with Gasteiger partial charge in [-0.3, -0.25) is 0 Å². The highest BCUT2D eigenvalue weighted by atomic mass is 14.9. The molecule has 2 rings (SSSR count). The van der Waals surface area contributed by atoms with Crippen LogP contribution in [0.2, 0.25) is 0 Å².